The Labute approximate surface area is 182 Å². The molecule has 1 atom stereocenters. The van der Waals surface area contributed by atoms with E-state index < -0.39 is 0 Å². The van der Waals surface area contributed by atoms with Crippen LogP contribution in [-0.4, -0.2) is 18.4 Å². The van der Waals surface area contributed by atoms with Crippen LogP contribution < -0.4 is 15.0 Å². The number of carbonyl (C=O) groups excluding carboxylic acids is 2. The van der Waals surface area contributed by atoms with E-state index in [9.17, 15) is 9.59 Å². The van der Waals surface area contributed by atoms with Gasteiger partial charge in [-0.1, -0.05) is 24.3 Å². The van der Waals surface area contributed by atoms with Gasteiger partial charge >= 0.3 is 0 Å². The number of ether oxygens (including phenoxy) is 1. The van der Waals surface area contributed by atoms with E-state index in [0.717, 1.165) is 22.6 Å². The molecule has 1 N–H and O–H groups in total. The van der Waals surface area contributed by atoms with Gasteiger partial charge < -0.3 is 15.0 Å². The van der Waals surface area contributed by atoms with Crippen LogP contribution in [0.3, 0.4) is 0 Å². The number of rotatable bonds is 5. The lowest BCUT2D eigenvalue weighted by molar-refractivity contribution is -0.122. The zero-order valence-corrected chi connectivity index (χ0v) is 18.0. The van der Waals surface area contributed by atoms with Crippen molar-refractivity contribution in [3.63, 3.8) is 0 Å². The monoisotopic (exact) mass is 414 g/mol. The molecule has 2 amide bonds. The van der Waals surface area contributed by atoms with Crippen LogP contribution in [0, 0.1) is 26.7 Å². The average Bonchev–Trinajstić information content (AvgIpc) is 3.15. The quantitative estimate of drug-likeness (QED) is 0.608. The third-order valence-electron chi connectivity index (χ3n) is 5.71. The predicted molar refractivity (Wildman–Crippen MR) is 123 cm³/mol. The van der Waals surface area contributed by atoms with Crippen LogP contribution in [-0.2, 0) is 9.59 Å². The lowest BCUT2D eigenvalue weighted by atomic mass is 10.1. The summed E-state index contributed by atoms with van der Waals surface area (Å²) in [6.07, 6.45) is 0.216. The Morgan fingerprint density at radius 2 is 1.74 bits per heavy atom. The van der Waals surface area contributed by atoms with E-state index in [2.05, 4.69) is 18.3 Å². The van der Waals surface area contributed by atoms with Crippen LogP contribution in [0.2, 0.25) is 0 Å². The summed E-state index contributed by atoms with van der Waals surface area (Å²) in [7, 11) is 0. The first-order valence-corrected chi connectivity index (χ1v) is 10.4. The van der Waals surface area contributed by atoms with E-state index in [1.807, 2.05) is 74.5 Å². The number of nitrogens with zero attached hydrogens (tertiary/aromatic N) is 1. The van der Waals surface area contributed by atoms with Crippen LogP contribution in [0.4, 0.5) is 11.4 Å². The summed E-state index contributed by atoms with van der Waals surface area (Å²) in [5.41, 5.74) is 4.88. The molecule has 158 valence electrons. The summed E-state index contributed by atoms with van der Waals surface area (Å²) in [5, 5.41) is 2.93. The highest BCUT2D eigenvalue weighted by Crippen LogP contribution is 2.29. The van der Waals surface area contributed by atoms with Crippen molar-refractivity contribution in [3.8, 4) is 11.5 Å². The van der Waals surface area contributed by atoms with Crippen molar-refractivity contribution in [2.45, 2.75) is 27.2 Å². The second-order valence-corrected chi connectivity index (χ2v) is 8.06. The third-order valence-corrected chi connectivity index (χ3v) is 5.71. The fourth-order valence-corrected chi connectivity index (χ4v) is 3.74. The van der Waals surface area contributed by atoms with Gasteiger partial charge in [0.05, 0.1) is 5.92 Å². The molecule has 0 bridgehead atoms. The van der Waals surface area contributed by atoms with Gasteiger partial charge in [0.15, 0.2) is 0 Å². The average molecular weight is 415 g/mol. The summed E-state index contributed by atoms with van der Waals surface area (Å²) in [4.78, 5) is 26.9. The first kappa shape index (κ1) is 20.7. The first-order chi connectivity index (χ1) is 14.9. The summed E-state index contributed by atoms with van der Waals surface area (Å²) >= 11 is 0. The van der Waals surface area contributed by atoms with Gasteiger partial charge in [0.2, 0.25) is 11.8 Å². The molecule has 31 heavy (non-hydrogen) atoms. The molecule has 0 aromatic heterocycles. The molecule has 1 saturated heterocycles. The Morgan fingerprint density at radius 3 is 2.48 bits per heavy atom. The largest absolute Gasteiger partial charge is 0.457 e. The van der Waals surface area contributed by atoms with Crippen molar-refractivity contribution in [2.75, 3.05) is 16.8 Å². The van der Waals surface area contributed by atoms with Crippen molar-refractivity contribution in [2.24, 2.45) is 5.92 Å². The lowest BCUT2D eigenvalue weighted by Gasteiger charge is -2.17. The van der Waals surface area contributed by atoms with Gasteiger partial charge in [-0.25, -0.2) is 0 Å². The van der Waals surface area contributed by atoms with Crippen molar-refractivity contribution in [1.29, 1.82) is 0 Å². The molecule has 4 rings (SSSR count). The maximum atomic E-state index is 12.7. The number of aryl methyl sites for hydroxylation is 2. The normalized spacial score (nSPS) is 15.8. The molecular formula is C26H26N2O3. The van der Waals surface area contributed by atoms with Crippen LogP contribution in [0.1, 0.15) is 23.1 Å². The maximum Gasteiger partial charge on any atom is 0.229 e. The third kappa shape index (κ3) is 4.61. The second-order valence-electron chi connectivity index (χ2n) is 8.06. The first-order valence-electron chi connectivity index (χ1n) is 10.4. The number of amides is 2. The molecule has 1 aliphatic heterocycles. The number of carbonyl (C=O) groups is 2. The molecule has 1 aliphatic rings. The summed E-state index contributed by atoms with van der Waals surface area (Å²) in [6, 6.07) is 21.0. The van der Waals surface area contributed by atoms with E-state index in [4.69, 9.17) is 4.74 Å². The van der Waals surface area contributed by atoms with Gasteiger partial charge in [-0.15, -0.1) is 0 Å². The van der Waals surface area contributed by atoms with E-state index >= 15 is 0 Å². The van der Waals surface area contributed by atoms with E-state index in [1.165, 1.54) is 5.56 Å². The SMILES string of the molecule is Cc1cccc(N2C[C@@H](C(=O)Nc3ccc(Oc4cccc(C)c4C)cc3)CC2=O)c1. The van der Waals surface area contributed by atoms with Gasteiger partial charge in [-0.2, -0.15) is 0 Å². The topological polar surface area (TPSA) is 58.6 Å². The Bertz CT molecular complexity index is 1120. The minimum Gasteiger partial charge on any atom is -0.457 e. The number of hydrogen-bond donors (Lipinski definition) is 1. The lowest BCUT2D eigenvalue weighted by Crippen LogP contribution is -2.28. The molecule has 1 fully saturated rings. The summed E-state index contributed by atoms with van der Waals surface area (Å²) in [5.74, 6) is 0.972. The maximum absolute atomic E-state index is 12.7. The molecule has 3 aromatic rings. The number of nitrogens with one attached hydrogen (secondary N) is 1. The standard InChI is InChI=1S/C26H26N2O3/c1-17-6-4-8-22(14-17)28-16-20(15-25(28)29)26(30)27-21-10-12-23(13-11-21)31-24-9-5-7-18(2)19(24)3/h4-14,20H,15-16H2,1-3H3,(H,27,30)/t20-/m0/s1. The van der Waals surface area contributed by atoms with Gasteiger partial charge in [0, 0.05) is 24.3 Å². The van der Waals surface area contributed by atoms with Crippen molar-refractivity contribution in [3.05, 3.63) is 83.4 Å². The zero-order chi connectivity index (χ0) is 22.0. The second kappa shape index (κ2) is 8.64. The molecular weight excluding hydrogens is 388 g/mol. The van der Waals surface area contributed by atoms with E-state index in [1.54, 1.807) is 4.90 Å². The molecule has 0 unspecified atom stereocenters. The fraction of sp³-hybridized carbons (Fsp3) is 0.231. The molecule has 0 spiro atoms. The van der Waals surface area contributed by atoms with Crippen molar-refractivity contribution < 1.29 is 14.3 Å². The molecule has 3 aromatic carbocycles. The molecule has 0 aliphatic carbocycles. The Morgan fingerprint density at radius 1 is 1.00 bits per heavy atom. The molecule has 5 heteroatoms. The van der Waals surface area contributed by atoms with Crippen LogP contribution in [0.15, 0.2) is 66.7 Å². The molecule has 5 nitrogen and oxygen atoms in total. The van der Waals surface area contributed by atoms with Crippen molar-refractivity contribution in [1.82, 2.24) is 0 Å². The summed E-state index contributed by atoms with van der Waals surface area (Å²) < 4.78 is 5.97. The van der Waals surface area contributed by atoms with E-state index in [-0.39, 0.29) is 24.2 Å². The fourth-order valence-electron chi connectivity index (χ4n) is 3.74. The molecule has 0 radical (unpaired) electrons. The van der Waals surface area contributed by atoms with Gasteiger partial charge in [0.1, 0.15) is 11.5 Å². The van der Waals surface area contributed by atoms with Gasteiger partial charge in [-0.3, -0.25) is 9.59 Å². The molecule has 1 heterocycles. The zero-order valence-electron chi connectivity index (χ0n) is 18.0. The number of anilines is 2. The van der Waals surface area contributed by atoms with Crippen LogP contribution >= 0.6 is 0 Å². The summed E-state index contributed by atoms with van der Waals surface area (Å²) in [6.45, 7) is 6.46. The number of hydrogen-bond acceptors (Lipinski definition) is 3. The highest BCUT2D eigenvalue weighted by molar-refractivity contribution is 6.03. The molecule has 0 saturated carbocycles. The Kier molecular flexibility index (Phi) is 5.76. The predicted octanol–water partition coefficient (Wildman–Crippen LogP) is 5.40. The smallest absolute Gasteiger partial charge is 0.229 e. The van der Waals surface area contributed by atoms with E-state index in [0.29, 0.717) is 18.0 Å². The van der Waals surface area contributed by atoms with Gasteiger partial charge in [0.25, 0.3) is 0 Å². The Balaban J connectivity index is 1.39. The minimum absolute atomic E-state index is 0.0250. The number of benzene rings is 3. The highest BCUT2D eigenvalue weighted by Gasteiger charge is 2.35. The van der Waals surface area contributed by atoms with Crippen molar-refractivity contribution >= 4 is 23.2 Å². The minimum atomic E-state index is -0.376. The van der Waals surface area contributed by atoms with Crippen LogP contribution in [0.5, 0.6) is 11.5 Å². The van der Waals surface area contributed by atoms with Crippen LogP contribution in [0.25, 0.3) is 0 Å². The highest BCUT2D eigenvalue weighted by atomic mass is 16.5. The Hall–Kier alpha value is -3.60. The van der Waals surface area contributed by atoms with Gasteiger partial charge in [-0.05, 0) is 79.9 Å².